The number of carbonyl (C=O) groups is 1. The molecule has 0 aliphatic carbocycles. The molecule has 2 aromatic heterocycles. The molecule has 0 saturated heterocycles. The van der Waals surface area contributed by atoms with Gasteiger partial charge in [0, 0.05) is 23.9 Å². The molecule has 2 heterocycles. The van der Waals surface area contributed by atoms with Crippen LogP contribution in [-0.4, -0.2) is 15.7 Å². The van der Waals surface area contributed by atoms with Gasteiger partial charge in [-0.05, 0) is 48.5 Å². The number of para-hydroxylation sites is 1. The minimum absolute atomic E-state index is 0.199. The highest BCUT2D eigenvalue weighted by molar-refractivity contribution is 5.92. The molecular formula is C21H16FN3O2. The normalized spacial score (nSPS) is 10.7. The first-order valence-electron chi connectivity index (χ1n) is 8.42. The van der Waals surface area contributed by atoms with E-state index >= 15 is 0 Å². The summed E-state index contributed by atoms with van der Waals surface area (Å²) in [6.45, 7) is 0.332. The van der Waals surface area contributed by atoms with Crippen LogP contribution in [0.15, 0.2) is 83.5 Å². The van der Waals surface area contributed by atoms with Gasteiger partial charge in [0.05, 0.1) is 11.9 Å². The highest BCUT2D eigenvalue weighted by Gasteiger charge is 2.12. The first kappa shape index (κ1) is 16.8. The van der Waals surface area contributed by atoms with Crippen LogP contribution >= 0.6 is 0 Å². The minimum Gasteiger partial charge on any atom is -0.451 e. The van der Waals surface area contributed by atoms with Gasteiger partial charge in [-0.3, -0.25) is 4.79 Å². The largest absolute Gasteiger partial charge is 0.451 e. The molecule has 0 aliphatic heterocycles. The molecular weight excluding hydrogens is 345 g/mol. The molecule has 0 aliphatic rings. The molecule has 0 bridgehead atoms. The first-order valence-corrected chi connectivity index (χ1v) is 8.42. The SMILES string of the molecule is O=C(NCc1cnn(-c2ccccc2)c1)c1ccc(-c2ccc(F)cc2)o1. The van der Waals surface area contributed by atoms with E-state index in [4.69, 9.17) is 4.42 Å². The number of furan rings is 1. The second kappa shape index (κ2) is 7.29. The van der Waals surface area contributed by atoms with Crippen molar-refractivity contribution < 1.29 is 13.6 Å². The van der Waals surface area contributed by atoms with E-state index in [-0.39, 0.29) is 17.5 Å². The molecule has 1 N–H and O–H groups in total. The maximum absolute atomic E-state index is 13.0. The summed E-state index contributed by atoms with van der Waals surface area (Å²) < 4.78 is 20.3. The zero-order chi connectivity index (χ0) is 18.6. The number of nitrogens with zero attached hydrogens (tertiary/aromatic N) is 2. The van der Waals surface area contributed by atoms with Gasteiger partial charge in [0.25, 0.3) is 5.91 Å². The Morgan fingerprint density at radius 3 is 2.59 bits per heavy atom. The molecule has 27 heavy (non-hydrogen) atoms. The molecule has 4 aromatic rings. The Balaban J connectivity index is 1.40. The van der Waals surface area contributed by atoms with Crippen molar-refractivity contribution in [1.82, 2.24) is 15.1 Å². The summed E-state index contributed by atoms with van der Waals surface area (Å²) in [4.78, 5) is 12.3. The van der Waals surface area contributed by atoms with Crippen molar-refractivity contribution in [3.05, 3.63) is 96.3 Å². The van der Waals surface area contributed by atoms with E-state index in [2.05, 4.69) is 10.4 Å². The van der Waals surface area contributed by atoms with E-state index in [0.717, 1.165) is 11.3 Å². The molecule has 0 saturated carbocycles. The van der Waals surface area contributed by atoms with Crippen molar-refractivity contribution >= 4 is 5.91 Å². The van der Waals surface area contributed by atoms with Crippen LogP contribution in [-0.2, 0) is 6.54 Å². The van der Waals surface area contributed by atoms with Crippen LogP contribution in [0.25, 0.3) is 17.0 Å². The smallest absolute Gasteiger partial charge is 0.287 e. The average molecular weight is 361 g/mol. The van der Waals surface area contributed by atoms with Gasteiger partial charge < -0.3 is 9.73 Å². The number of amides is 1. The third-order valence-corrected chi connectivity index (χ3v) is 4.07. The minimum atomic E-state index is -0.323. The lowest BCUT2D eigenvalue weighted by Gasteiger charge is -2.02. The second-order valence-corrected chi connectivity index (χ2v) is 5.98. The van der Waals surface area contributed by atoms with Crippen molar-refractivity contribution in [2.45, 2.75) is 6.54 Å². The monoisotopic (exact) mass is 361 g/mol. The molecule has 0 unspecified atom stereocenters. The highest BCUT2D eigenvalue weighted by atomic mass is 19.1. The zero-order valence-corrected chi connectivity index (χ0v) is 14.3. The van der Waals surface area contributed by atoms with Gasteiger partial charge in [0.1, 0.15) is 11.6 Å². The number of aromatic nitrogens is 2. The van der Waals surface area contributed by atoms with E-state index < -0.39 is 0 Å². The van der Waals surface area contributed by atoms with E-state index in [9.17, 15) is 9.18 Å². The van der Waals surface area contributed by atoms with Crippen LogP contribution < -0.4 is 5.32 Å². The van der Waals surface area contributed by atoms with Gasteiger partial charge in [-0.1, -0.05) is 18.2 Å². The fourth-order valence-corrected chi connectivity index (χ4v) is 2.67. The second-order valence-electron chi connectivity index (χ2n) is 5.98. The maximum atomic E-state index is 13.0. The Morgan fingerprint density at radius 2 is 1.81 bits per heavy atom. The number of benzene rings is 2. The Morgan fingerprint density at radius 1 is 1.04 bits per heavy atom. The molecule has 4 rings (SSSR count). The van der Waals surface area contributed by atoms with Gasteiger partial charge >= 0.3 is 0 Å². The summed E-state index contributed by atoms with van der Waals surface area (Å²) in [6, 6.07) is 18.9. The molecule has 0 radical (unpaired) electrons. The van der Waals surface area contributed by atoms with E-state index in [1.54, 1.807) is 35.1 Å². The molecule has 0 spiro atoms. The number of hydrogen-bond donors (Lipinski definition) is 1. The Labute approximate surface area is 155 Å². The number of halogens is 1. The van der Waals surface area contributed by atoms with Crippen LogP contribution in [0.4, 0.5) is 4.39 Å². The first-order chi connectivity index (χ1) is 13.2. The predicted molar refractivity (Wildman–Crippen MR) is 98.8 cm³/mol. The van der Waals surface area contributed by atoms with Gasteiger partial charge in [0.15, 0.2) is 5.76 Å². The Kier molecular flexibility index (Phi) is 4.53. The lowest BCUT2D eigenvalue weighted by atomic mass is 10.2. The molecule has 6 heteroatoms. The number of nitrogens with one attached hydrogen (secondary N) is 1. The van der Waals surface area contributed by atoms with Crippen LogP contribution in [0.1, 0.15) is 16.1 Å². The van der Waals surface area contributed by atoms with Gasteiger partial charge in [-0.2, -0.15) is 5.10 Å². The molecule has 1 amide bonds. The van der Waals surface area contributed by atoms with Crippen LogP contribution in [0.2, 0.25) is 0 Å². The topological polar surface area (TPSA) is 60.1 Å². The molecule has 134 valence electrons. The Bertz CT molecular complexity index is 1050. The summed E-state index contributed by atoms with van der Waals surface area (Å²) in [5.41, 5.74) is 2.53. The maximum Gasteiger partial charge on any atom is 0.287 e. The number of carbonyl (C=O) groups excluding carboxylic acids is 1. The molecule has 2 aromatic carbocycles. The lowest BCUT2D eigenvalue weighted by Crippen LogP contribution is -2.21. The predicted octanol–water partition coefficient (Wildman–Crippen LogP) is 4.20. The van der Waals surface area contributed by atoms with Crippen LogP contribution in [0.5, 0.6) is 0 Å². The van der Waals surface area contributed by atoms with Crippen molar-refractivity contribution in [3.8, 4) is 17.0 Å². The molecule has 5 nitrogen and oxygen atoms in total. The molecule has 0 fully saturated rings. The van der Waals surface area contributed by atoms with Gasteiger partial charge in [0.2, 0.25) is 0 Å². The number of hydrogen-bond acceptors (Lipinski definition) is 3. The van der Waals surface area contributed by atoms with Crippen molar-refractivity contribution in [2.75, 3.05) is 0 Å². The van der Waals surface area contributed by atoms with E-state index in [0.29, 0.717) is 17.9 Å². The lowest BCUT2D eigenvalue weighted by molar-refractivity contribution is 0.0924. The fraction of sp³-hybridized carbons (Fsp3) is 0.0476. The molecule has 0 atom stereocenters. The summed E-state index contributed by atoms with van der Waals surface area (Å²) in [5, 5.41) is 7.11. The number of rotatable bonds is 5. The van der Waals surface area contributed by atoms with Gasteiger partial charge in [-0.15, -0.1) is 0 Å². The van der Waals surface area contributed by atoms with Crippen LogP contribution in [0.3, 0.4) is 0 Å². The van der Waals surface area contributed by atoms with Gasteiger partial charge in [-0.25, -0.2) is 9.07 Å². The quantitative estimate of drug-likeness (QED) is 0.579. The average Bonchev–Trinajstić information content (AvgIpc) is 3.37. The highest BCUT2D eigenvalue weighted by Crippen LogP contribution is 2.22. The third kappa shape index (κ3) is 3.79. The summed E-state index contributed by atoms with van der Waals surface area (Å²) in [6.07, 6.45) is 3.57. The van der Waals surface area contributed by atoms with E-state index in [1.165, 1.54) is 12.1 Å². The van der Waals surface area contributed by atoms with Crippen molar-refractivity contribution in [2.24, 2.45) is 0 Å². The van der Waals surface area contributed by atoms with Crippen molar-refractivity contribution in [3.63, 3.8) is 0 Å². The fourth-order valence-electron chi connectivity index (χ4n) is 2.67. The zero-order valence-electron chi connectivity index (χ0n) is 14.3. The standard InChI is InChI=1S/C21H16FN3O2/c22-17-8-6-16(7-9-17)19-10-11-20(27-19)21(26)23-12-15-13-24-25(14-15)18-4-2-1-3-5-18/h1-11,13-14H,12H2,(H,23,26). The van der Waals surface area contributed by atoms with E-state index in [1.807, 2.05) is 36.5 Å². The third-order valence-electron chi connectivity index (χ3n) is 4.07. The Hall–Kier alpha value is -3.67. The van der Waals surface area contributed by atoms with Crippen LogP contribution in [0, 0.1) is 5.82 Å². The summed E-state index contributed by atoms with van der Waals surface area (Å²) in [5.74, 6) is 0.0666. The van der Waals surface area contributed by atoms with Crippen molar-refractivity contribution in [1.29, 1.82) is 0 Å². The summed E-state index contributed by atoms with van der Waals surface area (Å²) >= 11 is 0. The summed E-state index contributed by atoms with van der Waals surface area (Å²) in [7, 11) is 0.